The van der Waals surface area contributed by atoms with Gasteiger partial charge in [0.1, 0.15) is 5.01 Å². The standard InChI is InChI=1S/C20H18N4O2S2/c1-11(2)12-3-5-13(6-4-12)19-23-24-20(28-19)22-18(26)14-7-8-16-15(9-14)21-17(25)10-27-16/h3-9,11H,10H2,1-2H3,(H,21,25)(H,22,24,26). The van der Waals surface area contributed by atoms with Crippen LogP contribution in [-0.2, 0) is 4.79 Å². The number of fused-ring (bicyclic) bond motifs is 1. The maximum atomic E-state index is 12.6. The summed E-state index contributed by atoms with van der Waals surface area (Å²) in [6, 6.07) is 13.5. The van der Waals surface area contributed by atoms with Crippen LogP contribution in [0.4, 0.5) is 10.8 Å². The van der Waals surface area contributed by atoms with E-state index in [-0.39, 0.29) is 11.8 Å². The van der Waals surface area contributed by atoms with E-state index in [0.29, 0.717) is 28.1 Å². The monoisotopic (exact) mass is 410 g/mol. The number of rotatable bonds is 4. The second kappa shape index (κ2) is 7.73. The van der Waals surface area contributed by atoms with Crippen LogP contribution in [0, 0.1) is 0 Å². The maximum Gasteiger partial charge on any atom is 0.257 e. The van der Waals surface area contributed by atoms with E-state index in [2.05, 4.69) is 46.8 Å². The first kappa shape index (κ1) is 18.6. The highest BCUT2D eigenvalue weighted by Crippen LogP contribution is 2.32. The molecule has 0 bridgehead atoms. The molecule has 0 atom stereocenters. The Morgan fingerprint density at radius 1 is 1.14 bits per heavy atom. The average molecular weight is 411 g/mol. The summed E-state index contributed by atoms with van der Waals surface area (Å²) in [5.74, 6) is 0.514. The van der Waals surface area contributed by atoms with Gasteiger partial charge in [-0.2, -0.15) is 0 Å². The van der Waals surface area contributed by atoms with Crippen molar-refractivity contribution >= 4 is 45.7 Å². The Hall–Kier alpha value is -2.71. The second-order valence-corrected chi connectivity index (χ2v) is 8.69. The average Bonchev–Trinajstić information content (AvgIpc) is 3.16. The Kier molecular flexibility index (Phi) is 5.15. The lowest BCUT2D eigenvalue weighted by Gasteiger charge is -2.16. The Morgan fingerprint density at radius 3 is 2.68 bits per heavy atom. The minimum Gasteiger partial charge on any atom is -0.324 e. The van der Waals surface area contributed by atoms with Crippen molar-refractivity contribution in [3.63, 3.8) is 0 Å². The highest BCUT2D eigenvalue weighted by Gasteiger charge is 2.18. The maximum absolute atomic E-state index is 12.6. The third kappa shape index (κ3) is 3.93. The summed E-state index contributed by atoms with van der Waals surface area (Å²) < 4.78 is 0. The van der Waals surface area contributed by atoms with Gasteiger partial charge in [0.15, 0.2) is 0 Å². The van der Waals surface area contributed by atoms with Crippen LogP contribution in [0.15, 0.2) is 47.4 Å². The highest BCUT2D eigenvalue weighted by molar-refractivity contribution is 8.00. The summed E-state index contributed by atoms with van der Waals surface area (Å²) in [7, 11) is 0. The van der Waals surface area contributed by atoms with Crippen LogP contribution in [0.25, 0.3) is 10.6 Å². The molecular weight excluding hydrogens is 392 g/mol. The summed E-state index contributed by atoms with van der Waals surface area (Å²) >= 11 is 2.79. The molecule has 1 aliphatic heterocycles. The van der Waals surface area contributed by atoms with E-state index in [0.717, 1.165) is 15.5 Å². The van der Waals surface area contributed by atoms with E-state index >= 15 is 0 Å². The summed E-state index contributed by atoms with van der Waals surface area (Å²) in [5, 5.41) is 15.0. The van der Waals surface area contributed by atoms with Crippen LogP contribution < -0.4 is 10.6 Å². The van der Waals surface area contributed by atoms with E-state index in [4.69, 9.17) is 0 Å². The third-order valence-corrected chi connectivity index (χ3v) is 6.31. The number of aromatic nitrogens is 2. The zero-order valence-corrected chi connectivity index (χ0v) is 17.0. The predicted molar refractivity (Wildman–Crippen MR) is 113 cm³/mol. The molecule has 28 heavy (non-hydrogen) atoms. The number of benzene rings is 2. The van der Waals surface area contributed by atoms with Gasteiger partial charge in [-0.25, -0.2) is 0 Å². The number of carbonyl (C=O) groups is 2. The molecule has 2 amide bonds. The zero-order chi connectivity index (χ0) is 19.7. The predicted octanol–water partition coefficient (Wildman–Crippen LogP) is 4.63. The second-order valence-electron chi connectivity index (χ2n) is 6.69. The van der Waals surface area contributed by atoms with Crippen LogP contribution in [-0.4, -0.2) is 27.8 Å². The SMILES string of the molecule is CC(C)c1ccc(-c2nnc(NC(=O)c3ccc4c(c3)NC(=O)CS4)s2)cc1. The summed E-state index contributed by atoms with van der Waals surface area (Å²) in [5.41, 5.74) is 3.35. The molecule has 0 saturated carbocycles. The van der Waals surface area contributed by atoms with Crippen LogP contribution in [0.2, 0.25) is 0 Å². The summed E-state index contributed by atoms with van der Waals surface area (Å²) in [6.07, 6.45) is 0. The molecule has 0 unspecified atom stereocenters. The molecule has 142 valence electrons. The Labute approximate surface area is 170 Å². The van der Waals surface area contributed by atoms with Gasteiger partial charge in [0.2, 0.25) is 11.0 Å². The van der Waals surface area contributed by atoms with Crippen molar-refractivity contribution in [3.05, 3.63) is 53.6 Å². The molecule has 8 heteroatoms. The molecule has 1 aromatic heterocycles. The zero-order valence-electron chi connectivity index (χ0n) is 15.4. The fourth-order valence-electron chi connectivity index (χ4n) is 2.79. The van der Waals surface area contributed by atoms with Crippen molar-refractivity contribution in [1.29, 1.82) is 0 Å². The molecule has 0 saturated heterocycles. The van der Waals surface area contributed by atoms with Gasteiger partial charge in [0, 0.05) is 16.0 Å². The molecule has 0 spiro atoms. The van der Waals surface area contributed by atoms with Gasteiger partial charge in [-0.1, -0.05) is 49.4 Å². The smallest absolute Gasteiger partial charge is 0.257 e. The van der Waals surface area contributed by atoms with Crippen LogP contribution in [0.1, 0.15) is 35.7 Å². The van der Waals surface area contributed by atoms with E-state index in [1.165, 1.54) is 28.7 Å². The Balaban J connectivity index is 1.48. The van der Waals surface area contributed by atoms with Crippen molar-refractivity contribution < 1.29 is 9.59 Å². The fraction of sp³-hybridized carbons (Fsp3) is 0.200. The lowest BCUT2D eigenvalue weighted by atomic mass is 10.0. The topological polar surface area (TPSA) is 84.0 Å². The van der Waals surface area contributed by atoms with Gasteiger partial charge in [-0.05, 0) is 29.7 Å². The van der Waals surface area contributed by atoms with Crippen molar-refractivity contribution in [2.24, 2.45) is 0 Å². The number of carbonyl (C=O) groups excluding carboxylic acids is 2. The molecule has 2 heterocycles. The van der Waals surface area contributed by atoms with Gasteiger partial charge < -0.3 is 5.32 Å². The van der Waals surface area contributed by atoms with Gasteiger partial charge in [-0.15, -0.1) is 22.0 Å². The minimum atomic E-state index is -0.287. The van der Waals surface area contributed by atoms with Crippen LogP contribution in [0.5, 0.6) is 0 Å². The number of amides is 2. The first-order chi connectivity index (χ1) is 13.5. The normalized spacial score (nSPS) is 13.2. The number of hydrogen-bond donors (Lipinski definition) is 2. The van der Waals surface area contributed by atoms with Crippen molar-refractivity contribution in [2.45, 2.75) is 24.7 Å². The lowest BCUT2D eigenvalue weighted by molar-refractivity contribution is -0.113. The molecule has 0 radical (unpaired) electrons. The van der Waals surface area contributed by atoms with Gasteiger partial charge in [-0.3, -0.25) is 14.9 Å². The number of nitrogens with one attached hydrogen (secondary N) is 2. The van der Waals surface area contributed by atoms with Gasteiger partial charge in [0.05, 0.1) is 11.4 Å². The van der Waals surface area contributed by atoms with Crippen molar-refractivity contribution in [2.75, 3.05) is 16.4 Å². The fourth-order valence-corrected chi connectivity index (χ4v) is 4.33. The largest absolute Gasteiger partial charge is 0.324 e. The molecule has 0 fully saturated rings. The van der Waals surface area contributed by atoms with E-state index < -0.39 is 0 Å². The minimum absolute atomic E-state index is 0.0627. The Morgan fingerprint density at radius 2 is 1.93 bits per heavy atom. The molecule has 2 N–H and O–H groups in total. The number of thioether (sulfide) groups is 1. The molecule has 4 rings (SSSR count). The van der Waals surface area contributed by atoms with E-state index in [9.17, 15) is 9.59 Å². The Bertz CT molecular complexity index is 1040. The first-order valence-corrected chi connectivity index (χ1v) is 10.6. The number of hydrogen-bond acceptors (Lipinski definition) is 6. The molecule has 0 aliphatic carbocycles. The number of anilines is 2. The van der Waals surface area contributed by atoms with Crippen molar-refractivity contribution in [1.82, 2.24) is 10.2 Å². The van der Waals surface area contributed by atoms with Crippen molar-refractivity contribution in [3.8, 4) is 10.6 Å². The molecule has 2 aromatic carbocycles. The third-order valence-electron chi connectivity index (χ3n) is 4.34. The molecule has 6 nitrogen and oxygen atoms in total. The summed E-state index contributed by atoms with van der Waals surface area (Å²) in [6.45, 7) is 4.30. The number of nitrogens with zero attached hydrogens (tertiary/aromatic N) is 2. The van der Waals surface area contributed by atoms with Gasteiger partial charge in [0.25, 0.3) is 5.91 Å². The van der Waals surface area contributed by atoms with E-state index in [1.807, 2.05) is 18.2 Å². The summed E-state index contributed by atoms with van der Waals surface area (Å²) in [4.78, 5) is 25.1. The van der Waals surface area contributed by atoms with Gasteiger partial charge >= 0.3 is 0 Å². The van der Waals surface area contributed by atoms with Crippen LogP contribution >= 0.6 is 23.1 Å². The molecule has 1 aliphatic rings. The molecular formula is C20H18N4O2S2. The quantitative estimate of drug-likeness (QED) is 0.655. The van der Waals surface area contributed by atoms with Crippen LogP contribution in [0.3, 0.4) is 0 Å². The highest BCUT2D eigenvalue weighted by atomic mass is 32.2. The first-order valence-electron chi connectivity index (χ1n) is 8.81. The molecule has 3 aromatic rings. The lowest BCUT2D eigenvalue weighted by Crippen LogP contribution is -2.19. The van der Waals surface area contributed by atoms with E-state index in [1.54, 1.807) is 12.1 Å².